The fourth-order valence-electron chi connectivity index (χ4n) is 3.36. The summed E-state index contributed by atoms with van der Waals surface area (Å²) in [5.41, 5.74) is 3.12. The molecule has 1 unspecified atom stereocenters. The standard InChI is InChI=1S/C18H28N2O/c1-5-20(16-8-10-19-11-9-16)15(4)18(21)17-12-13(2)6-7-14(17)3/h6-7,12,15-16,19H,5,8-11H2,1-4H3. The molecule has 0 aliphatic carbocycles. The maximum absolute atomic E-state index is 12.9. The number of nitrogens with zero attached hydrogens (tertiary/aromatic N) is 1. The number of ketones is 1. The van der Waals surface area contributed by atoms with Gasteiger partial charge in [-0.2, -0.15) is 0 Å². The maximum atomic E-state index is 12.9. The maximum Gasteiger partial charge on any atom is 0.179 e. The van der Waals surface area contributed by atoms with Crippen molar-refractivity contribution >= 4 is 5.78 Å². The van der Waals surface area contributed by atoms with Crippen LogP contribution in [-0.4, -0.2) is 42.4 Å². The Labute approximate surface area is 128 Å². The quantitative estimate of drug-likeness (QED) is 0.846. The van der Waals surface area contributed by atoms with Crippen molar-refractivity contribution in [3.8, 4) is 0 Å². The highest BCUT2D eigenvalue weighted by molar-refractivity contribution is 6.01. The molecule has 1 N–H and O–H groups in total. The van der Waals surface area contributed by atoms with Crippen molar-refractivity contribution < 1.29 is 4.79 Å². The van der Waals surface area contributed by atoms with Gasteiger partial charge in [0.1, 0.15) is 0 Å². The van der Waals surface area contributed by atoms with E-state index in [0.717, 1.165) is 49.2 Å². The molecule has 1 fully saturated rings. The van der Waals surface area contributed by atoms with Crippen LogP contribution in [0.1, 0.15) is 48.2 Å². The Kier molecular flexibility index (Phi) is 5.54. The molecule has 1 atom stereocenters. The molecule has 0 amide bonds. The molecule has 0 radical (unpaired) electrons. The minimum atomic E-state index is -0.0430. The SMILES string of the molecule is CCN(C1CCNCC1)C(C)C(=O)c1cc(C)ccc1C. The van der Waals surface area contributed by atoms with Gasteiger partial charge in [0.15, 0.2) is 5.78 Å². The van der Waals surface area contributed by atoms with Gasteiger partial charge in [-0.05, 0) is 64.9 Å². The summed E-state index contributed by atoms with van der Waals surface area (Å²) < 4.78 is 0. The number of carbonyl (C=O) groups is 1. The van der Waals surface area contributed by atoms with Crippen LogP contribution in [-0.2, 0) is 0 Å². The number of Topliss-reactive ketones (excluding diaryl/α,β-unsaturated/α-hetero) is 1. The Morgan fingerprint density at radius 2 is 2.00 bits per heavy atom. The molecular weight excluding hydrogens is 260 g/mol. The van der Waals surface area contributed by atoms with Gasteiger partial charge >= 0.3 is 0 Å². The Hall–Kier alpha value is -1.19. The lowest BCUT2D eigenvalue weighted by Gasteiger charge is -2.37. The van der Waals surface area contributed by atoms with E-state index in [0.29, 0.717) is 6.04 Å². The monoisotopic (exact) mass is 288 g/mol. The Morgan fingerprint density at radius 3 is 2.62 bits per heavy atom. The van der Waals surface area contributed by atoms with Gasteiger partial charge in [-0.1, -0.05) is 24.6 Å². The van der Waals surface area contributed by atoms with E-state index in [1.54, 1.807) is 0 Å². The molecule has 21 heavy (non-hydrogen) atoms. The Balaban J connectivity index is 2.17. The second-order valence-electron chi connectivity index (χ2n) is 6.17. The predicted molar refractivity (Wildman–Crippen MR) is 88.0 cm³/mol. The molecule has 0 bridgehead atoms. The lowest BCUT2D eigenvalue weighted by atomic mass is 9.95. The molecule has 1 aromatic carbocycles. The average Bonchev–Trinajstić information content (AvgIpc) is 2.50. The number of hydrogen-bond acceptors (Lipinski definition) is 3. The van der Waals surface area contributed by atoms with Gasteiger partial charge in [0.2, 0.25) is 0 Å². The predicted octanol–water partition coefficient (Wildman–Crippen LogP) is 2.95. The van der Waals surface area contributed by atoms with E-state index in [2.05, 4.69) is 36.2 Å². The van der Waals surface area contributed by atoms with Gasteiger partial charge in [-0.25, -0.2) is 0 Å². The molecule has 3 nitrogen and oxygen atoms in total. The van der Waals surface area contributed by atoms with Crippen molar-refractivity contribution in [1.82, 2.24) is 10.2 Å². The first-order chi connectivity index (χ1) is 10.0. The zero-order valence-electron chi connectivity index (χ0n) is 13.8. The number of nitrogens with one attached hydrogen (secondary N) is 1. The van der Waals surface area contributed by atoms with E-state index < -0.39 is 0 Å². The highest BCUT2D eigenvalue weighted by Gasteiger charge is 2.29. The second kappa shape index (κ2) is 7.19. The van der Waals surface area contributed by atoms with Crippen molar-refractivity contribution in [3.05, 3.63) is 34.9 Å². The van der Waals surface area contributed by atoms with E-state index >= 15 is 0 Å². The number of likely N-dealkylation sites (N-methyl/N-ethyl adjacent to an activating group) is 1. The van der Waals surface area contributed by atoms with E-state index in [-0.39, 0.29) is 11.8 Å². The Morgan fingerprint density at radius 1 is 1.33 bits per heavy atom. The highest BCUT2D eigenvalue weighted by Crippen LogP contribution is 2.20. The van der Waals surface area contributed by atoms with Crippen LogP contribution in [0.25, 0.3) is 0 Å². The fraction of sp³-hybridized carbons (Fsp3) is 0.611. The summed E-state index contributed by atoms with van der Waals surface area (Å²) in [6, 6.07) is 6.64. The molecule has 0 spiro atoms. The molecular formula is C18H28N2O. The van der Waals surface area contributed by atoms with E-state index in [4.69, 9.17) is 0 Å². The van der Waals surface area contributed by atoms with Gasteiger partial charge in [0.05, 0.1) is 6.04 Å². The normalized spacial score (nSPS) is 18.0. The third-order valence-corrected chi connectivity index (χ3v) is 4.68. The molecule has 1 aliphatic rings. The average molecular weight is 288 g/mol. The van der Waals surface area contributed by atoms with E-state index in [1.165, 1.54) is 0 Å². The van der Waals surface area contributed by atoms with Crippen molar-refractivity contribution in [1.29, 1.82) is 0 Å². The van der Waals surface area contributed by atoms with Crippen LogP contribution in [0.15, 0.2) is 18.2 Å². The molecule has 1 saturated heterocycles. The van der Waals surface area contributed by atoms with Crippen LogP contribution in [0.3, 0.4) is 0 Å². The second-order valence-corrected chi connectivity index (χ2v) is 6.17. The highest BCUT2D eigenvalue weighted by atomic mass is 16.1. The zero-order chi connectivity index (χ0) is 15.4. The van der Waals surface area contributed by atoms with Crippen LogP contribution in [0.2, 0.25) is 0 Å². The first kappa shape index (κ1) is 16.2. The fourth-order valence-corrected chi connectivity index (χ4v) is 3.36. The summed E-state index contributed by atoms with van der Waals surface area (Å²) in [5, 5.41) is 3.40. The number of hydrogen-bond donors (Lipinski definition) is 1. The molecule has 2 rings (SSSR count). The molecule has 0 aromatic heterocycles. The van der Waals surface area contributed by atoms with Gasteiger partial charge in [0, 0.05) is 11.6 Å². The van der Waals surface area contributed by atoms with Crippen molar-refractivity contribution in [3.63, 3.8) is 0 Å². The van der Waals surface area contributed by atoms with Crippen LogP contribution >= 0.6 is 0 Å². The first-order valence-electron chi connectivity index (χ1n) is 8.12. The van der Waals surface area contributed by atoms with Gasteiger partial charge in [-0.3, -0.25) is 9.69 Å². The summed E-state index contributed by atoms with van der Waals surface area (Å²) in [4.78, 5) is 15.3. The molecule has 0 saturated carbocycles. The molecule has 1 aliphatic heterocycles. The largest absolute Gasteiger partial charge is 0.317 e. The van der Waals surface area contributed by atoms with E-state index in [1.807, 2.05) is 19.9 Å². The number of rotatable bonds is 5. The molecule has 3 heteroatoms. The molecule has 1 aromatic rings. The van der Waals surface area contributed by atoms with Gasteiger partial charge in [-0.15, -0.1) is 0 Å². The smallest absolute Gasteiger partial charge is 0.179 e. The van der Waals surface area contributed by atoms with Crippen molar-refractivity contribution in [2.75, 3.05) is 19.6 Å². The first-order valence-corrected chi connectivity index (χ1v) is 8.12. The summed E-state index contributed by atoms with van der Waals surface area (Å²) in [7, 11) is 0. The van der Waals surface area contributed by atoms with Crippen molar-refractivity contribution in [2.45, 2.75) is 52.6 Å². The Bertz CT molecular complexity index is 492. The zero-order valence-corrected chi connectivity index (χ0v) is 13.8. The lowest BCUT2D eigenvalue weighted by Crippen LogP contribution is -2.49. The van der Waals surface area contributed by atoms with Crippen LogP contribution in [0, 0.1) is 13.8 Å². The number of aryl methyl sites for hydroxylation is 2. The third kappa shape index (κ3) is 3.72. The molecule has 116 valence electrons. The number of piperidine rings is 1. The van der Waals surface area contributed by atoms with E-state index in [9.17, 15) is 4.79 Å². The summed E-state index contributed by atoms with van der Waals surface area (Å²) >= 11 is 0. The molecule has 1 heterocycles. The van der Waals surface area contributed by atoms with Gasteiger partial charge in [0.25, 0.3) is 0 Å². The van der Waals surface area contributed by atoms with Gasteiger partial charge < -0.3 is 5.32 Å². The summed E-state index contributed by atoms with van der Waals surface area (Å²) in [6.45, 7) is 11.4. The van der Waals surface area contributed by atoms with Crippen molar-refractivity contribution in [2.24, 2.45) is 0 Å². The third-order valence-electron chi connectivity index (χ3n) is 4.68. The van der Waals surface area contributed by atoms with Crippen LogP contribution < -0.4 is 5.32 Å². The minimum Gasteiger partial charge on any atom is -0.317 e. The van der Waals surface area contributed by atoms with Crippen LogP contribution in [0.5, 0.6) is 0 Å². The topological polar surface area (TPSA) is 32.3 Å². The number of carbonyl (C=O) groups excluding carboxylic acids is 1. The minimum absolute atomic E-state index is 0.0430. The summed E-state index contributed by atoms with van der Waals surface area (Å²) in [5.74, 6) is 0.261. The lowest BCUT2D eigenvalue weighted by molar-refractivity contribution is 0.0728. The number of benzene rings is 1. The van der Waals surface area contributed by atoms with Crippen LogP contribution in [0.4, 0.5) is 0 Å². The summed E-state index contributed by atoms with van der Waals surface area (Å²) in [6.07, 6.45) is 2.27.